The van der Waals surface area contributed by atoms with Crippen LogP contribution in [0, 0.1) is 0 Å². The van der Waals surface area contributed by atoms with Gasteiger partial charge < -0.3 is 10.6 Å². The van der Waals surface area contributed by atoms with E-state index in [9.17, 15) is 9.59 Å². The average Bonchev–Trinajstić information content (AvgIpc) is 3.12. The van der Waals surface area contributed by atoms with Crippen molar-refractivity contribution in [3.05, 3.63) is 0 Å². The number of carbonyl (C=O) groups is 2. The van der Waals surface area contributed by atoms with Crippen molar-refractivity contribution in [1.29, 1.82) is 0 Å². The van der Waals surface area contributed by atoms with Gasteiger partial charge in [-0.15, -0.1) is 0 Å². The second-order valence-electron chi connectivity index (χ2n) is 4.56. The van der Waals surface area contributed by atoms with Gasteiger partial charge in [-0.2, -0.15) is 0 Å². The molecule has 6 nitrogen and oxygen atoms in total. The van der Waals surface area contributed by atoms with Crippen LogP contribution in [0.25, 0.3) is 0 Å². The van der Waals surface area contributed by atoms with E-state index < -0.39 is 0 Å². The summed E-state index contributed by atoms with van der Waals surface area (Å²) in [5.41, 5.74) is 0. The van der Waals surface area contributed by atoms with Gasteiger partial charge in [-0.1, -0.05) is 0 Å². The fraction of sp³-hybridized carbons (Fsp3) is 0.818. The molecule has 0 atom stereocenters. The first-order chi connectivity index (χ1) is 8.24. The minimum Gasteiger partial charge on any atom is -0.354 e. The van der Waals surface area contributed by atoms with E-state index in [4.69, 9.17) is 0 Å². The van der Waals surface area contributed by atoms with Crippen molar-refractivity contribution < 1.29 is 9.59 Å². The van der Waals surface area contributed by atoms with E-state index in [1.54, 1.807) is 0 Å². The first-order valence-electron chi connectivity index (χ1n) is 6.22. The van der Waals surface area contributed by atoms with E-state index in [2.05, 4.69) is 20.4 Å². The number of hydrogen-bond acceptors (Lipinski definition) is 4. The molecule has 2 aliphatic heterocycles. The van der Waals surface area contributed by atoms with Crippen molar-refractivity contribution in [2.24, 2.45) is 0 Å². The lowest BCUT2D eigenvalue weighted by Crippen LogP contribution is -2.35. The Morgan fingerprint density at radius 1 is 0.824 bits per heavy atom. The Kier molecular flexibility index (Phi) is 4.33. The number of carbonyl (C=O) groups excluding carboxylic acids is 2. The predicted molar refractivity (Wildman–Crippen MR) is 63.5 cm³/mol. The van der Waals surface area contributed by atoms with E-state index in [0.717, 1.165) is 39.3 Å². The van der Waals surface area contributed by atoms with E-state index in [-0.39, 0.29) is 18.2 Å². The molecule has 2 N–H and O–H groups in total. The smallest absolute Gasteiger partial charge is 0.229 e. The van der Waals surface area contributed by atoms with Crippen molar-refractivity contribution in [2.75, 3.05) is 52.4 Å². The second-order valence-corrected chi connectivity index (χ2v) is 4.56. The Bertz CT molecular complexity index is 259. The van der Waals surface area contributed by atoms with Crippen LogP contribution < -0.4 is 10.6 Å². The zero-order valence-corrected chi connectivity index (χ0v) is 10.1. The number of nitrogens with zero attached hydrogens (tertiary/aromatic N) is 2. The van der Waals surface area contributed by atoms with Gasteiger partial charge in [0, 0.05) is 52.4 Å². The molecule has 0 unspecified atom stereocenters. The Morgan fingerprint density at radius 3 is 1.59 bits per heavy atom. The van der Waals surface area contributed by atoms with Gasteiger partial charge in [-0.3, -0.25) is 19.4 Å². The summed E-state index contributed by atoms with van der Waals surface area (Å²) >= 11 is 0. The monoisotopic (exact) mass is 240 g/mol. The van der Waals surface area contributed by atoms with Crippen LogP contribution in [-0.4, -0.2) is 74.0 Å². The molecule has 2 aliphatic rings. The highest BCUT2D eigenvalue weighted by molar-refractivity contribution is 5.96. The lowest BCUT2D eigenvalue weighted by Gasteiger charge is -2.06. The van der Waals surface area contributed by atoms with Crippen LogP contribution >= 0.6 is 0 Å². The SMILES string of the molecule is O=C(CC(=O)NCCN1CC1)NCCN1CC1. The van der Waals surface area contributed by atoms with Crippen LogP contribution in [0.2, 0.25) is 0 Å². The normalized spacial score (nSPS) is 18.8. The molecule has 6 heteroatoms. The van der Waals surface area contributed by atoms with Gasteiger partial charge in [0.15, 0.2) is 0 Å². The van der Waals surface area contributed by atoms with Gasteiger partial charge in [0.25, 0.3) is 0 Å². The van der Waals surface area contributed by atoms with Crippen LogP contribution in [-0.2, 0) is 9.59 Å². The van der Waals surface area contributed by atoms with Crippen LogP contribution in [0.4, 0.5) is 0 Å². The fourth-order valence-electron chi connectivity index (χ4n) is 1.57. The van der Waals surface area contributed by atoms with E-state index in [1.807, 2.05) is 0 Å². The van der Waals surface area contributed by atoms with Gasteiger partial charge in [0.1, 0.15) is 6.42 Å². The summed E-state index contributed by atoms with van der Waals surface area (Å²) in [5, 5.41) is 5.49. The van der Waals surface area contributed by atoms with Crippen molar-refractivity contribution in [3.63, 3.8) is 0 Å². The summed E-state index contributed by atoms with van der Waals surface area (Å²) in [6.07, 6.45) is -0.0556. The summed E-state index contributed by atoms with van der Waals surface area (Å²) in [7, 11) is 0. The van der Waals surface area contributed by atoms with E-state index >= 15 is 0 Å². The van der Waals surface area contributed by atoms with Crippen molar-refractivity contribution >= 4 is 11.8 Å². The summed E-state index contributed by atoms with van der Waals surface area (Å²) in [4.78, 5) is 27.2. The second kappa shape index (κ2) is 5.97. The molecule has 0 aromatic heterocycles. The maximum Gasteiger partial charge on any atom is 0.229 e. The Labute approximate surface area is 101 Å². The molecule has 2 rings (SSSR count). The molecular weight excluding hydrogens is 220 g/mol. The third kappa shape index (κ3) is 5.65. The van der Waals surface area contributed by atoms with Gasteiger partial charge in [-0.05, 0) is 0 Å². The molecule has 96 valence electrons. The van der Waals surface area contributed by atoms with Crippen molar-refractivity contribution in [2.45, 2.75) is 6.42 Å². The molecule has 2 heterocycles. The first kappa shape index (κ1) is 12.3. The Balaban J connectivity index is 1.45. The third-order valence-corrected chi connectivity index (χ3v) is 2.90. The molecule has 0 spiro atoms. The summed E-state index contributed by atoms with van der Waals surface area (Å²) in [6.45, 7) is 7.59. The zero-order valence-electron chi connectivity index (χ0n) is 10.1. The molecule has 0 aromatic carbocycles. The van der Waals surface area contributed by atoms with Crippen LogP contribution in [0.1, 0.15) is 6.42 Å². The molecule has 0 bridgehead atoms. The number of amides is 2. The van der Waals surface area contributed by atoms with E-state index in [0.29, 0.717) is 13.1 Å². The minimum atomic E-state index is -0.184. The van der Waals surface area contributed by atoms with Crippen LogP contribution in [0.15, 0.2) is 0 Å². The van der Waals surface area contributed by atoms with Gasteiger partial charge in [0.2, 0.25) is 11.8 Å². The van der Waals surface area contributed by atoms with Gasteiger partial charge >= 0.3 is 0 Å². The molecule has 2 saturated heterocycles. The maximum absolute atomic E-state index is 11.4. The highest BCUT2D eigenvalue weighted by Crippen LogP contribution is 2.00. The summed E-state index contributed by atoms with van der Waals surface area (Å²) < 4.78 is 0. The number of rotatable bonds is 8. The van der Waals surface area contributed by atoms with Crippen molar-refractivity contribution in [3.8, 4) is 0 Å². The number of nitrogens with one attached hydrogen (secondary N) is 2. The quantitative estimate of drug-likeness (QED) is 0.390. The lowest BCUT2D eigenvalue weighted by molar-refractivity contribution is -0.129. The van der Waals surface area contributed by atoms with Crippen LogP contribution in [0.5, 0.6) is 0 Å². The van der Waals surface area contributed by atoms with E-state index in [1.165, 1.54) is 0 Å². The van der Waals surface area contributed by atoms with Gasteiger partial charge in [-0.25, -0.2) is 0 Å². The molecule has 0 aromatic rings. The number of hydrogen-bond donors (Lipinski definition) is 2. The average molecular weight is 240 g/mol. The van der Waals surface area contributed by atoms with Crippen molar-refractivity contribution in [1.82, 2.24) is 20.4 Å². The highest BCUT2D eigenvalue weighted by Gasteiger charge is 2.18. The molecular formula is C11H20N4O2. The Hall–Kier alpha value is -1.14. The predicted octanol–water partition coefficient (Wildman–Crippen LogP) is -1.76. The molecule has 17 heavy (non-hydrogen) atoms. The van der Waals surface area contributed by atoms with Gasteiger partial charge in [0.05, 0.1) is 0 Å². The molecule has 0 radical (unpaired) electrons. The first-order valence-corrected chi connectivity index (χ1v) is 6.22. The maximum atomic E-state index is 11.4. The fourth-order valence-corrected chi connectivity index (χ4v) is 1.57. The molecule has 0 aliphatic carbocycles. The summed E-state index contributed by atoms with van der Waals surface area (Å²) in [5.74, 6) is -0.368. The minimum absolute atomic E-state index is 0.0556. The third-order valence-electron chi connectivity index (χ3n) is 2.90. The standard InChI is InChI=1S/C11H20N4O2/c16-10(12-1-3-14-5-6-14)9-11(17)13-2-4-15-7-8-15/h1-9H2,(H,12,16)(H,13,17). The molecule has 0 saturated carbocycles. The largest absolute Gasteiger partial charge is 0.354 e. The topological polar surface area (TPSA) is 64.2 Å². The summed E-state index contributed by atoms with van der Waals surface area (Å²) in [6, 6.07) is 0. The molecule has 2 amide bonds. The lowest BCUT2D eigenvalue weighted by atomic mass is 10.3. The zero-order chi connectivity index (χ0) is 12.1. The Morgan fingerprint density at radius 2 is 1.24 bits per heavy atom. The highest BCUT2D eigenvalue weighted by atomic mass is 16.2. The molecule has 2 fully saturated rings. The van der Waals surface area contributed by atoms with Crippen LogP contribution in [0.3, 0.4) is 0 Å².